The number of aromatic carboxylic acids is 1. The lowest BCUT2D eigenvalue weighted by Crippen LogP contribution is -2.23. The molecule has 7 heteroatoms. The predicted octanol–water partition coefficient (Wildman–Crippen LogP) is 2.03. The first-order valence-electron chi connectivity index (χ1n) is 5.19. The molecule has 2 aromatic rings. The number of carbonyl (C=O) groups is 1. The monoisotopic (exact) mass is 282 g/mol. The molecule has 0 unspecified atom stereocenters. The molecule has 0 saturated carbocycles. The Bertz CT molecular complexity index is 727. The van der Waals surface area contributed by atoms with E-state index >= 15 is 0 Å². The summed E-state index contributed by atoms with van der Waals surface area (Å²) in [5.41, 5.74) is -0.989. The molecular formula is C12H8ClFN2O3. The van der Waals surface area contributed by atoms with Crippen molar-refractivity contribution >= 4 is 17.6 Å². The van der Waals surface area contributed by atoms with Crippen LogP contribution >= 0.6 is 11.6 Å². The van der Waals surface area contributed by atoms with E-state index in [9.17, 15) is 14.0 Å². The van der Waals surface area contributed by atoms with Gasteiger partial charge in [0.2, 0.25) is 11.1 Å². The molecule has 1 aromatic carbocycles. The lowest BCUT2D eigenvalue weighted by atomic mass is 10.2. The van der Waals surface area contributed by atoms with Crippen LogP contribution in [-0.2, 0) is 0 Å². The SMILES string of the molecule is Cc1cn(-c2cc(F)ccc2Cl)nc(C(=O)O)c1=O. The van der Waals surface area contributed by atoms with E-state index in [0.717, 1.165) is 10.7 Å². The summed E-state index contributed by atoms with van der Waals surface area (Å²) < 4.78 is 14.3. The Balaban J connectivity index is 2.73. The van der Waals surface area contributed by atoms with Crippen LogP contribution in [0.2, 0.25) is 5.02 Å². The van der Waals surface area contributed by atoms with Gasteiger partial charge < -0.3 is 5.11 Å². The molecule has 5 nitrogen and oxygen atoms in total. The molecule has 0 aliphatic heterocycles. The van der Waals surface area contributed by atoms with Gasteiger partial charge in [0.15, 0.2) is 0 Å². The second kappa shape index (κ2) is 4.81. The van der Waals surface area contributed by atoms with Gasteiger partial charge in [0.05, 0.1) is 10.7 Å². The Kier molecular flexibility index (Phi) is 3.35. The van der Waals surface area contributed by atoms with Crippen molar-refractivity contribution in [3.8, 4) is 5.69 Å². The van der Waals surface area contributed by atoms with Gasteiger partial charge in [-0.2, -0.15) is 5.10 Å². The zero-order chi connectivity index (χ0) is 14.2. The summed E-state index contributed by atoms with van der Waals surface area (Å²) in [5.74, 6) is -2.00. The summed E-state index contributed by atoms with van der Waals surface area (Å²) in [6.07, 6.45) is 1.30. The second-order valence-electron chi connectivity index (χ2n) is 3.84. The van der Waals surface area contributed by atoms with Crippen molar-refractivity contribution in [1.82, 2.24) is 9.78 Å². The van der Waals surface area contributed by atoms with Crippen LogP contribution in [0.1, 0.15) is 16.1 Å². The molecule has 98 valence electrons. The summed E-state index contributed by atoms with van der Waals surface area (Å²) >= 11 is 5.90. The first kappa shape index (κ1) is 13.2. The van der Waals surface area contributed by atoms with E-state index in [0.29, 0.717) is 0 Å². The number of nitrogens with zero attached hydrogens (tertiary/aromatic N) is 2. The lowest BCUT2D eigenvalue weighted by Gasteiger charge is -2.09. The zero-order valence-corrected chi connectivity index (χ0v) is 10.5. The van der Waals surface area contributed by atoms with E-state index in [1.165, 1.54) is 25.3 Å². The van der Waals surface area contributed by atoms with Crippen LogP contribution in [0.5, 0.6) is 0 Å². The topological polar surface area (TPSA) is 72.2 Å². The maximum atomic E-state index is 13.2. The molecule has 0 bridgehead atoms. The summed E-state index contributed by atoms with van der Waals surface area (Å²) in [5, 5.41) is 12.7. The highest BCUT2D eigenvalue weighted by Gasteiger charge is 2.15. The Labute approximate surface area is 111 Å². The molecule has 19 heavy (non-hydrogen) atoms. The smallest absolute Gasteiger partial charge is 0.360 e. The molecule has 1 N–H and O–H groups in total. The van der Waals surface area contributed by atoms with E-state index < -0.39 is 22.9 Å². The van der Waals surface area contributed by atoms with Gasteiger partial charge in [-0.3, -0.25) is 4.79 Å². The minimum absolute atomic E-state index is 0.160. The highest BCUT2D eigenvalue weighted by atomic mass is 35.5. The van der Waals surface area contributed by atoms with Crippen LogP contribution in [0.4, 0.5) is 4.39 Å². The number of rotatable bonds is 2. The molecule has 0 aliphatic carbocycles. The van der Waals surface area contributed by atoms with Crippen molar-refractivity contribution in [3.05, 3.63) is 56.7 Å². The Morgan fingerprint density at radius 1 is 1.47 bits per heavy atom. The third-order valence-corrected chi connectivity index (χ3v) is 2.77. The van der Waals surface area contributed by atoms with Gasteiger partial charge in [-0.1, -0.05) is 11.6 Å². The molecule has 0 saturated heterocycles. The molecule has 0 spiro atoms. The van der Waals surface area contributed by atoms with Crippen molar-refractivity contribution in [3.63, 3.8) is 0 Å². The van der Waals surface area contributed by atoms with Crippen LogP contribution in [0, 0.1) is 12.7 Å². The van der Waals surface area contributed by atoms with Crippen molar-refractivity contribution in [2.24, 2.45) is 0 Å². The van der Waals surface area contributed by atoms with E-state index in [-0.39, 0.29) is 16.3 Å². The third kappa shape index (κ3) is 2.48. The van der Waals surface area contributed by atoms with Gasteiger partial charge in [-0.15, -0.1) is 0 Å². The Morgan fingerprint density at radius 3 is 2.79 bits per heavy atom. The number of hydrogen-bond acceptors (Lipinski definition) is 3. The summed E-state index contributed by atoms with van der Waals surface area (Å²) in [6.45, 7) is 1.44. The van der Waals surface area contributed by atoms with E-state index in [2.05, 4.69) is 5.10 Å². The summed E-state index contributed by atoms with van der Waals surface area (Å²) in [4.78, 5) is 22.5. The van der Waals surface area contributed by atoms with Gasteiger partial charge in [-0.25, -0.2) is 13.9 Å². The fourth-order valence-electron chi connectivity index (χ4n) is 1.54. The number of carboxylic acid groups (broad SMARTS) is 1. The normalized spacial score (nSPS) is 10.5. The lowest BCUT2D eigenvalue weighted by molar-refractivity contribution is 0.0686. The van der Waals surface area contributed by atoms with Crippen molar-refractivity contribution in [2.45, 2.75) is 6.92 Å². The number of aryl methyl sites for hydroxylation is 1. The largest absolute Gasteiger partial charge is 0.476 e. The highest BCUT2D eigenvalue weighted by molar-refractivity contribution is 6.32. The van der Waals surface area contributed by atoms with Crippen molar-refractivity contribution in [1.29, 1.82) is 0 Å². The van der Waals surface area contributed by atoms with Gasteiger partial charge in [0, 0.05) is 17.8 Å². The average molecular weight is 283 g/mol. The molecule has 2 rings (SSSR count). The number of halogens is 2. The number of aromatic nitrogens is 2. The first-order valence-corrected chi connectivity index (χ1v) is 5.57. The minimum Gasteiger partial charge on any atom is -0.476 e. The number of benzene rings is 1. The van der Waals surface area contributed by atoms with Gasteiger partial charge in [0.25, 0.3) is 0 Å². The van der Waals surface area contributed by atoms with Crippen molar-refractivity contribution in [2.75, 3.05) is 0 Å². The van der Waals surface area contributed by atoms with Crippen molar-refractivity contribution < 1.29 is 14.3 Å². The zero-order valence-electron chi connectivity index (χ0n) is 9.72. The van der Waals surface area contributed by atoms with Crippen LogP contribution in [0.25, 0.3) is 5.69 Å². The maximum Gasteiger partial charge on any atom is 0.360 e. The first-order chi connectivity index (χ1) is 8.90. The van der Waals surface area contributed by atoms with E-state index in [1.54, 1.807) is 0 Å². The second-order valence-corrected chi connectivity index (χ2v) is 4.24. The summed E-state index contributed by atoms with van der Waals surface area (Å²) in [7, 11) is 0. The Hall–Kier alpha value is -2.21. The number of carboxylic acids is 1. The fourth-order valence-corrected chi connectivity index (χ4v) is 1.74. The molecule has 0 fully saturated rings. The predicted molar refractivity (Wildman–Crippen MR) is 66.5 cm³/mol. The standard InChI is InChI=1S/C12H8ClFN2O3/c1-6-5-16(15-10(11(6)17)12(18)19)9-4-7(14)2-3-8(9)13/h2-5H,1H3,(H,18,19). The van der Waals surface area contributed by atoms with Gasteiger partial charge in [0.1, 0.15) is 5.82 Å². The average Bonchev–Trinajstić information content (AvgIpc) is 2.35. The molecule has 0 amide bonds. The third-order valence-electron chi connectivity index (χ3n) is 2.45. The molecule has 0 aliphatic rings. The summed E-state index contributed by atoms with van der Waals surface area (Å²) in [6, 6.07) is 3.59. The fraction of sp³-hybridized carbons (Fsp3) is 0.0833. The van der Waals surface area contributed by atoms with Crippen LogP contribution in [0.15, 0.2) is 29.2 Å². The number of hydrogen-bond donors (Lipinski definition) is 1. The molecule has 1 aromatic heterocycles. The van der Waals surface area contributed by atoms with Gasteiger partial charge in [-0.05, 0) is 19.1 Å². The van der Waals surface area contributed by atoms with Crippen LogP contribution < -0.4 is 5.43 Å². The van der Waals surface area contributed by atoms with E-state index in [4.69, 9.17) is 16.7 Å². The van der Waals surface area contributed by atoms with Crippen LogP contribution in [0.3, 0.4) is 0 Å². The van der Waals surface area contributed by atoms with E-state index in [1.807, 2.05) is 0 Å². The van der Waals surface area contributed by atoms with Crippen LogP contribution in [-0.4, -0.2) is 20.9 Å². The molecular weight excluding hydrogens is 275 g/mol. The quantitative estimate of drug-likeness (QED) is 0.915. The highest BCUT2D eigenvalue weighted by Crippen LogP contribution is 2.20. The maximum absolute atomic E-state index is 13.2. The Morgan fingerprint density at radius 2 is 2.16 bits per heavy atom. The molecule has 0 atom stereocenters. The minimum atomic E-state index is -1.45. The molecule has 0 radical (unpaired) electrons. The van der Waals surface area contributed by atoms with Gasteiger partial charge >= 0.3 is 5.97 Å². The molecule has 1 heterocycles.